The molecule has 0 heterocycles. The molecule has 0 aromatic heterocycles. The lowest BCUT2D eigenvalue weighted by atomic mass is 9.71. The van der Waals surface area contributed by atoms with E-state index in [4.69, 9.17) is 4.74 Å². The lowest BCUT2D eigenvalue weighted by Gasteiger charge is -2.34. The molecule has 2 rings (SSSR count). The van der Waals surface area contributed by atoms with E-state index in [-0.39, 0.29) is 30.1 Å². The van der Waals surface area contributed by atoms with Crippen molar-refractivity contribution in [1.82, 2.24) is 0 Å². The normalized spacial score (nSPS) is 21.0. The molecule has 1 aromatic rings. The van der Waals surface area contributed by atoms with Crippen molar-refractivity contribution in [3.05, 3.63) is 42.0 Å². The Morgan fingerprint density at radius 2 is 1.92 bits per heavy atom. The van der Waals surface area contributed by atoms with Crippen LogP contribution in [0.4, 0.5) is 5.69 Å². The summed E-state index contributed by atoms with van der Waals surface area (Å²) in [4.78, 5) is 36.7. The fourth-order valence-corrected chi connectivity index (χ4v) is 2.65. The Morgan fingerprint density at radius 1 is 1.32 bits per heavy atom. The first-order chi connectivity index (χ1) is 11.7. The summed E-state index contributed by atoms with van der Waals surface area (Å²) >= 11 is 0. The van der Waals surface area contributed by atoms with Crippen LogP contribution >= 0.6 is 0 Å². The largest absolute Gasteiger partial charge is 0.459 e. The quantitative estimate of drug-likeness (QED) is 0.503. The molecule has 1 saturated carbocycles. The van der Waals surface area contributed by atoms with E-state index in [0.29, 0.717) is 16.8 Å². The van der Waals surface area contributed by atoms with Crippen molar-refractivity contribution in [2.24, 2.45) is 5.41 Å². The highest BCUT2D eigenvalue weighted by Gasteiger charge is 2.42. The van der Waals surface area contributed by atoms with Gasteiger partial charge in [0.1, 0.15) is 6.04 Å². The van der Waals surface area contributed by atoms with E-state index in [9.17, 15) is 14.4 Å². The van der Waals surface area contributed by atoms with E-state index < -0.39 is 11.5 Å². The molecule has 134 valence electrons. The minimum atomic E-state index is -0.918. The highest BCUT2D eigenvalue weighted by molar-refractivity contribution is 6.18. The van der Waals surface area contributed by atoms with Crippen molar-refractivity contribution in [2.75, 3.05) is 5.32 Å². The van der Waals surface area contributed by atoms with Gasteiger partial charge in [-0.2, -0.15) is 0 Å². The minimum Gasteiger partial charge on any atom is -0.459 e. The molecule has 0 radical (unpaired) electrons. The Morgan fingerprint density at radius 3 is 2.48 bits per heavy atom. The van der Waals surface area contributed by atoms with Crippen LogP contribution in [0.5, 0.6) is 0 Å². The Bertz CT molecular complexity index is 703. The van der Waals surface area contributed by atoms with Crippen LogP contribution in [0.2, 0.25) is 0 Å². The second-order valence-electron chi connectivity index (χ2n) is 7.15. The molecular formula is C20H25NO4. The van der Waals surface area contributed by atoms with Gasteiger partial charge in [0.2, 0.25) is 0 Å². The Hall–Kier alpha value is -2.43. The first-order valence-corrected chi connectivity index (χ1v) is 8.49. The Labute approximate surface area is 148 Å². The van der Waals surface area contributed by atoms with Crippen LogP contribution in [0.3, 0.4) is 0 Å². The average Bonchev–Trinajstić information content (AvgIpc) is 2.57. The van der Waals surface area contributed by atoms with Crippen LogP contribution in [0.25, 0.3) is 0 Å². The van der Waals surface area contributed by atoms with Crippen LogP contribution in [-0.2, 0) is 14.3 Å². The number of carbonyl (C=O) groups excluding carboxylic acids is 3. The van der Waals surface area contributed by atoms with Crippen LogP contribution in [0, 0.1) is 5.41 Å². The molecule has 0 spiro atoms. The highest BCUT2D eigenvalue weighted by Crippen LogP contribution is 2.36. The second kappa shape index (κ2) is 7.21. The third-order valence-corrected chi connectivity index (χ3v) is 4.63. The summed E-state index contributed by atoms with van der Waals surface area (Å²) < 4.78 is 5.27. The first kappa shape index (κ1) is 18.9. The molecular weight excluding hydrogens is 318 g/mol. The number of carbonyl (C=O) groups is 3. The van der Waals surface area contributed by atoms with E-state index in [0.717, 1.165) is 6.42 Å². The summed E-state index contributed by atoms with van der Waals surface area (Å²) in [6.07, 6.45) is 0.878. The second-order valence-corrected chi connectivity index (χ2v) is 7.15. The van der Waals surface area contributed by atoms with Gasteiger partial charge in [0.25, 0.3) is 0 Å². The summed E-state index contributed by atoms with van der Waals surface area (Å²) in [7, 11) is 0. The smallest absolute Gasteiger partial charge is 0.338 e. The van der Waals surface area contributed by atoms with E-state index in [1.807, 2.05) is 27.7 Å². The van der Waals surface area contributed by atoms with Gasteiger partial charge in [-0.1, -0.05) is 27.4 Å². The Balaban J connectivity index is 2.09. The monoisotopic (exact) mass is 343 g/mol. The van der Waals surface area contributed by atoms with E-state index in [1.54, 1.807) is 24.3 Å². The summed E-state index contributed by atoms with van der Waals surface area (Å²) in [5, 5.41) is 2.95. The van der Waals surface area contributed by atoms with Gasteiger partial charge in [-0.05, 0) is 48.6 Å². The molecule has 1 aromatic carbocycles. The van der Waals surface area contributed by atoms with Crippen LogP contribution in [0.15, 0.2) is 36.4 Å². The lowest BCUT2D eigenvalue weighted by Crippen LogP contribution is -2.47. The van der Waals surface area contributed by atoms with Crippen molar-refractivity contribution in [2.45, 2.75) is 52.7 Å². The van der Waals surface area contributed by atoms with E-state index >= 15 is 0 Å². The summed E-state index contributed by atoms with van der Waals surface area (Å²) in [5.41, 5.74) is 0.978. The molecule has 1 aliphatic rings. The van der Waals surface area contributed by atoms with Crippen molar-refractivity contribution in [3.8, 4) is 0 Å². The predicted octanol–water partition coefficient (Wildman–Crippen LogP) is 3.55. The number of anilines is 1. The van der Waals surface area contributed by atoms with E-state index in [2.05, 4.69) is 11.9 Å². The summed E-state index contributed by atoms with van der Waals surface area (Å²) in [5.74, 6) is -0.815. The van der Waals surface area contributed by atoms with E-state index in [1.165, 1.54) is 0 Å². The molecule has 0 aliphatic heterocycles. The van der Waals surface area contributed by atoms with Gasteiger partial charge in [0.15, 0.2) is 11.6 Å². The number of hydrogen-bond acceptors (Lipinski definition) is 5. The molecule has 0 saturated heterocycles. The molecule has 5 heteroatoms. The molecule has 0 amide bonds. The fraction of sp³-hybridized carbons (Fsp3) is 0.450. The zero-order chi connectivity index (χ0) is 18.8. The van der Waals surface area contributed by atoms with Gasteiger partial charge in [-0.3, -0.25) is 9.59 Å². The van der Waals surface area contributed by atoms with Gasteiger partial charge in [0.05, 0.1) is 11.7 Å². The fourth-order valence-electron chi connectivity index (χ4n) is 2.65. The number of nitrogens with one attached hydrogen (secondary N) is 1. The molecule has 5 nitrogen and oxygen atoms in total. The summed E-state index contributed by atoms with van der Waals surface area (Å²) in [6, 6.07) is 5.64. The van der Waals surface area contributed by atoms with Crippen LogP contribution in [0.1, 0.15) is 50.9 Å². The molecule has 0 bridgehead atoms. The number of esters is 1. The molecule has 1 N–H and O–H groups in total. The SMILES string of the molecule is C=C1C(=O)C(Nc2ccc(C(=O)OC(C)CC)cc2)C(=O)CC1(C)C. The standard InChI is InChI=1S/C20H25NO4/c1-6-12(2)25-19(24)14-7-9-15(10-8-14)21-17-16(22)11-20(4,5)13(3)18(17)23/h7-10,12,17,21H,3,6,11H2,1-2,4-5H3. The van der Waals surface area contributed by atoms with Gasteiger partial charge in [0, 0.05) is 12.1 Å². The molecule has 2 atom stereocenters. The van der Waals surface area contributed by atoms with Crippen molar-refractivity contribution < 1.29 is 19.1 Å². The minimum absolute atomic E-state index is 0.142. The van der Waals surface area contributed by atoms with Crippen molar-refractivity contribution in [1.29, 1.82) is 0 Å². The van der Waals surface area contributed by atoms with Gasteiger partial charge in [-0.25, -0.2) is 4.79 Å². The summed E-state index contributed by atoms with van der Waals surface area (Å²) in [6.45, 7) is 11.3. The third-order valence-electron chi connectivity index (χ3n) is 4.63. The van der Waals surface area contributed by atoms with Gasteiger partial charge in [-0.15, -0.1) is 0 Å². The topological polar surface area (TPSA) is 72.5 Å². The molecule has 1 aliphatic carbocycles. The number of ketones is 2. The lowest BCUT2D eigenvalue weighted by molar-refractivity contribution is -0.130. The third kappa shape index (κ3) is 4.16. The number of hydrogen-bond donors (Lipinski definition) is 1. The van der Waals surface area contributed by atoms with Crippen molar-refractivity contribution in [3.63, 3.8) is 0 Å². The van der Waals surface area contributed by atoms with Crippen LogP contribution in [-0.4, -0.2) is 29.7 Å². The number of Topliss-reactive ketones (excluding diaryl/α,β-unsaturated/α-hetero) is 2. The average molecular weight is 343 g/mol. The maximum Gasteiger partial charge on any atom is 0.338 e. The van der Waals surface area contributed by atoms with Crippen LogP contribution < -0.4 is 5.32 Å². The number of ether oxygens (including phenoxy) is 1. The molecule has 25 heavy (non-hydrogen) atoms. The number of rotatable bonds is 5. The maximum absolute atomic E-state index is 12.4. The van der Waals surface area contributed by atoms with Gasteiger partial charge < -0.3 is 10.1 Å². The van der Waals surface area contributed by atoms with Crippen molar-refractivity contribution >= 4 is 23.2 Å². The highest BCUT2D eigenvalue weighted by atomic mass is 16.5. The Kier molecular flexibility index (Phi) is 5.45. The molecule has 2 unspecified atom stereocenters. The molecule has 1 fully saturated rings. The zero-order valence-electron chi connectivity index (χ0n) is 15.2. The number of benzene rings is 1. The zero-order valence-corrected chi connectivity index (χ0v) is 15.2. The predicted molar refractivity (Wildman–Crippen MR) is 96.6 cm³/mol. The maximum atomic E-state index is 12.4. The first-order valence-electron chi connectivity index (χ1n) is 8.49. The van der Waals surface area contributed by atoms with Gasteiger partial charge >= 0.3 is 5.97 Å².